The minimum absolute atomic E-state index is 0.0152. The van der Waals surface area contributed by atoms with E-state index in [0.717, 1.165) is 11.1 Å². The first kappa shape index (κ1) is 33.0. The SMILES string of the molecule is C=C(C)C(C(=O)OC(c1ccccc1)c1ccccc1)N1C(=O)[C@H]([C@@H](C)O[Si](C)(C)C(C)(C)C)[C@H]1SSc1cnccn1. The van der Waals surface area contributed by atoms with Crippen LogP contribution in [-0.4, -0.2) is 52.6 Å². The molecule has 1 unspecified atom stereocenters. The lowest BCUT2D eigenvalue weighted by Crippen LogP contribution is -2.68. The Morgan fingerprint density at radius 1 is 1.02 bits per heavy atom. The van der Waals surface area contributed by atoms with Gasteiger partial charge in [0.05, 0.1) is 18.2 Å². The topological polar surface area (TPSA) is 81.6 Å². The Labute approximate surface area is 264 Å². The summed E-state index contributed by atoms with van der Waals surface area (Å²) >= 11 is 0. The molecule has 7 nitrogen and oxygen atoms in total. The molecule has 0 N–H and O–H groups in total. The van der Waals surface area contributed by atoms with Crippen LogP contribution in [-0.2, 0) is 18.8 Å². The summed E-state index contributed by atoms with van der Waals surface area (Å²) in [5.74, 6) is -1.12. The largest absolute Gasteiger partial charge is 0.451 e. The van der Waals surface area contributed by atoms with Crippen LogP contribution in [0.1, 0.15) is 51.8 Å². The molecule has 1 aromatic heterocycles. The second kappa shape index (κ2) is 13.8. The summed E-state index contributed by atoms with van der Waals surface area (Å²) in [4.78, 5) is 38.2. The second-order valence-corrected chi connectivity index (χ2v) is 19.4. The molecule has 2 heterocycles. The third-order valence-electron chi connectivity index (χ3n) is 8.09. The highest BCUT2D eigenvalue weighted by atomic mass is 33.1. The molecule has 0 radical (unpaired) electrons. The number of likely N-dealkylation sites (tertiary alicyclic amines) is 1. The second-order valence-electron chi connectivity index (χ2n) is 12.4. The van der Waals surface area contributed by atoms with E-state index in [-0.39, 0.29) is 22.4 Å². The summed E-state index contributed by atoms with van der Waals surface area (Å²) in [6.45, 7) is 18.8. The van der Waals surface area contributed by atoms with Crippen LogP contribution in [0, 0.1) is 5.92 Å². The predicted octanol–water partition coefficient (Wildman–Crippen LogP) is 7.69. The summed E-state index contributed by atoms with van der Waals surface area (Å²) in [7, 11) is 0.738. The summed E-state index contributed by atoms with van der Waals surface area (Å²) in [5.41, 5.74) is 2.22. The first-order valence-corrected chi connectivity index (χ1v) is 19.5. The number of aromatic nitrogens is 2. The average Bonchev–Trinajstić information content (AvgIpc) is 2.96. The van der Waals surface area contributed by atoms with Gasteiger partial charge in [0.1, 0.15) is 10.4 Å². The Kier molecular flexibility index (Phi) is 10.6. The number of carbonyl (C=O) groups is 2. The van der Waals surface area contributed by atoms with Gasteiger partial charge in [-0.3, -0.25) is 9.78 Å². The normalized spacial score (nSPS) is 18.6. The van der Waals surface area contributed by atoms with Crippen molar-refractivity contribution in [3.8, 4) is 0 Å². The van der Waals surface area contributed by atoms with E-state index in [1.54, 1.807) is 30.4 Å². The molecule has 2 aromatic carbocycles. The fourth-order valence-electron chi connectivity index (χ4n) is 4.78. The smallest absolute Gasteiger partial charge is 0.334 e. The van der Waals surface area contributed by atoms with E-state index in [0.29, 0.717) is 10.6 Å². The van der Waals surface area contributed by atoms with E-state index in [1.807, 2.05) is 67.6 Å². The van der Waals surface area contributed by atoms with E-state index < -0.39 is 32.4 Å². The number of rotatable bonds is 12. The van der Waals surface area contributed by atoms with E-state index in [2.05, 4.69) is 50.4 Å². The molecule has 1 saturated heterocycles. The van der Waals surface area contributed by atoms with Crippen molar-refractivity contribution in [1.82, 2.24) is 14.9 Å². The summed E-state index contributed by atoms with van der Waals surface area (Å²) in [6, 6.07) is 18.3. The Morgan fingerprint density at radius 3 is 2.09 bits per heavy atom. The number of hydrogen-bond donors (Lipinski definition) is 0. The quantitative estimate of drug-likeness (QED) is 0.0659. The minimum Gasteiger partial charge on any atom is -0.451 e. The minimum atomic E-state index is -2.17. The molecule has 228 valence electrons. The Bertz CT molecular complexity index is 1360. The van der Waals surface area contributed by atoms with Gasteiger partial charge >= 0.3 is 5.97 Å². The molecule has 0 spiro atoms. The molecule has 0 saturated carbocycles. The maximum atomic E-state index is 14.0. The zero-order chi connectivity index (χ0) is 31.4. The fourth-order valence-corrected chi connectivity index (χ4v) is 8.88. The van der Waals surface area contributed by atoms with Gasteiger partial charge in [-0.25, -0.2) is 9.78 Å². The number of nitrogens with zero attached hydrogens (tertiary/aromatic N) is 3. The van der Waals surface area contributed by atoms with E-state index >= 15 is 0 Å². The number of β-lactam (4-membered cyclic amide) rings is 1. The van der Waals surface area contributed by atoms with Gasteiger partial charge in [0, 0.05) is 12.4 Å². The van der Waals surface area contributed by atoms with Gasteiger partial charge in [0.25, 0.3) is 0 Å². The maximum Gasteiger partial charge on any atom is 0.334 e. The van der Waals surface area contributed by atoms with Gasteiger partial charge in [0.15, 0.2) is 20.5 Å². The van der Waals surface area contributed by atoms with Crippen molar-refractivity contribution in [3.05, 3.63) is 103 Å². The lowest BCUT2D eigenvalue weighted by Gasteiger charge is -2.52. The van der Waals surface area contributed by atoms with Gasteiger partial charge in [-0.15, -0.1) is 0 Å². The standard InChI is InChI=1S/C33H41N3O4S2Si/c1-22(2)28(32(38)39-29(24-15-11-9-12-16-24)25-17-13-10-14-18-25)36-30(37)27(23(3)40-43(7,8)33(4,5)6)31(36)42-41-26-21-34-19-20-35-26/h9-21,23,27-29,31H,1H2,2-8H3/t23-,27+,28?,31-/m1/s1. The number of carbonyl (C=O) groups excluding carboxylic acids is 2. The van der Waals surface area contributed by atoms with Crippen LogP contribution in [0.4, 0.5) is 0 Å². The number of benzene rings is 2. The van der Waals surface area contributed by atoms with Crippen LogP contribution in [0.3, 0.4) is 0 Å². The van der Waals surface area contributed by atoms with Crippen LogP contribution in [0.25, 0.3) is 0 Å². The number of esters is 1. The molecule has 0 aliphatic carbocycles. The fraction of sp³-hybridized carbons (Fsp3) is 0.394. The van der Waals surface area contributed by atoms with Crippen molar-refractivity contribution < 1.29 is 18.8 Å². The highest BCUT2D eigenvalue weighted by Crippen LogP contribution is 2.49. The highest BCUT2D eigenvalue weighted by Gasteiger charge is 2.57. The maximum absolute atomic E-state index is 14.0. The highest BCUT2D eigenvalue weighted by molar-refractivity contribution is 8.76. The van der Waals surface area contributed by atoms with Crippen LogP contribution < -0.4 is 0 Å². The average molecular weight is 636 g/mol. The molecular formula is C33H41N3O4S2Si. The van der Waals surface area contributed by atoms with Crippen molar-refractivity contribution >= 4 is 41.8 Å². The van der Waals surface area contributed by atoms with E-state index in [9.17, 15) is 9.59 Å². The predicted molar refractivity (Wildman–Crippen MR) is 177 cm³/mol. The lowest BCUT2D eigenvalue weighted by atomic mass is 9.89. The molecule has 1 aliphatic heterocycles. The molecule has 1 amide bonds. The molecule has 4 rings (SSSR count). The third kappa shape index (κ3) is 7.60. The zero-order valence-corrected chi connectivity index (χ0v) is 28.5. The van der Waals surface area contributed by atoms with Crippen LogP contribution in [0.5, 0.6) is 0 Å². The summed E-state index contributed by atoms with van der Waals surface area (Å²) < 4.78 is 12.9. The van der Waals surface area contributed by atoms with Crippen LogP contribution in [0.2, 0.25) is 18.1 Å². The molecule has 3 aromatic rings. The van der Waals surface area contributed by atoms with Crippen LogP contribution >= 0.6 is 21.6 Å². The first-order chi connectivity index (χ1) is 20.3. The van der Waals surface area contributed by atoms with E-state index in [4.69, 9.17) is 9.16 Å². The molecular weight excluding hydrogens is 595 g/mol. The number of amides is 1. The van der Waals surface area contributed by atoms with Gasteiger partial charge in [-0.2, -0.15) is 0 Å². The van der Waals surface area contributed by atoms with Gasteiger partial charge in [0.2, 0.25) is 5.91 Å². The molecule has 10 heteroatoms. The van der Waals surface area contributed by atoms with Crippen molar-refractivity contribution in [1.29, 1.82) is 0 Å². The number of ether oxygens (including phenoxy) is 1. The van der Waals surface area contributed by atoms with Crippen molar-refractivity contribution in [2.75, 3.05) is 0 Å². The molecule has 1 fully saturated rings. The van der Waals surface area contributed by atoms with Gasteiger partial charge < -0.3 is 14.1 Å². The molecule has 0 bridgehead atoms. The van der Waals surface area contributed by atoms with E-state index in [1.165, 1.54) is 21.6 Å². The van der Waals surface area contributed by atoms with Crippen molar-refractivity contribution in [3.63, 3.8) is 0 Å². The molecule has 4 atom stereocenters. The Morgan fingerprint density at radius 2 is 1.60 bits per heavy atom. The Hall–Kier alpha value is -2.92. The Balaban J connectivity index is 1.63. The summed E-state index contributed by atoms with van der Waals surface area (Å²) in [5, 5.41) is 0.324. The summed E-state index contributed by atoms with van der Waals surface area (Å²) in [6.07, 6.45) is 3.96. The number of hydrogen-bond acceptors (Lipinski definition) is 8. The van der Waals surface area contributed by atoms with Crippen molar-refractivity contribution in [2.45, 2.75) is 81.4 Å². The van der Waals surface area contributed by atoms with Crippen molar-refractivity contribution in [2.24, 2.45) is 5.92 Å². The monoisotopic (exact) mass is 635 g/mol. The lowest BCUT2D eigenvalue weighted by molar-refractivity contribution is -0.171. The first-order valence-electron chi connectivity index (χ1n) is 14.4. The third-order valence-corrected chi connectivity index (χ3v) is 15.3. The van der Waals surface area contributed by atoms with Gasteiger partial charge in [-0.1, -0.05) is 98.8 Å². The van der Waals surface area contributed by atoms with Crippen LogP contribution in [0.15, 0.2) is 96.4 Å². The molecule has 43 heavy (non-hydrogen) atoms. The molecule has 1 aliphatic rings. The zero-order valence-electron chi connectivity index (χ0n) is 25.9. The van der Waals surface area contributed by atoms with Gasteiger partial charge in [-0.05, 0) is 59.5 Å².